The van der Waals surface area contributed by atoms with Crippen LogP contribution in [0.25, 0.3) is 0 Å². The number of fused-ring (bicyclic) bond motifs is 4. The Balaban J connectivity index is 1.37. The number of carboxylic acids is 1. The number of allylic oxidation sites excluding steroid dienone is 1. The van der Waals surface area contributed by atoms with E-state index in [1.54, 1.807) is 5.57 Å². The first kappa shape index (κ1) is 34.2. The highest BCUT2D eigenvalue weighted by Crippen LogP contribution is 2.72. The first-order chi connectivity index (χ1) is 20.7. The van der Waals surface area contributed by atoms with E-state index >= 15 is 0 Å². The Morgan fingerprint density at radius 2 is 1.71 bits per heavy atom. The van der Waals surface area contributed by atoms with Crippen LogP contribution in [0.5, 0.6) is 0 Å². The third kappa shape index (κ3) is 5.30. The Bertz CT molecular complexity index is 1320. The van der Waals surface area contributed by atoms with Gasteiger partial charge < -0.3 is 24.8 Å². The summed E-state index contributed by atoms with van der Waals surface area (Å²) in [5.74, 6) is -1.07. The van der Waals surface area contributed by atoms with Gasteiger partial charge >= 0.3 is 17.9 Å². The van der Waals surface area contributed by atoms with Gasteiger partial charge in [0.2, 0.25) is 0 Å². The molecule has 2 fully saturated rings. The minimum atomic E-state index is -1.66. The lowest BCUT2D eigenvalue weighted by Gasteiger charge is -2.63. The van der Waals surface area contributed by atoms with Crippen molar-refractivity contribution in [1.29, 1.82) is 0 Å². The Morgan fingerprint density at radius 1 is 1.04 bits per heavy atom. The number of esters is 2. The van der Waals surface area contributed by atoms with Crippen LogP contribution in [-0.2, 0) is 23.9 Å². The molecule has 0 bridgehead atoms. The summed E-state index contributed by atoms with van der Waals surface area (Å²) in [6, 6.07) is 0. The minimum absolute atomic E-state index is 0.122. The average molecular weight is 629 g/mol. The van der Waals surface area contributed by atoms with Crippen molar-refractivity contribution in [2.45, 2.75) is 150 Å². The van der Waals surface area contributed by atoms with Gasteiger partial charge in [0, 0.05) is 16.4 Å². The number of hydrogen-bond donors (Lipinski definition) is 3. The molecule has 0 aromatic rings. The van der Waals surface area contributed by atoms with Crippen molar-refractivity contribution in [2.75, 3.05) is 0 Å². The van der Waals surface area contributed by atoms with Gasteiger partial charge in [-0.25, -0.2) is 4.79 Å². The van der Waals surface area contributed by atoms with Crippen molar-refractivity contribution in [1.82, 2.24) is 0 Å². The van der Waals surface area contributed by atoms with E-state index in [1.165, 1.54) is 12.5 Å². The third-order valence-corrected chi connectivity index (χ3v) is 14.1. The summed E-state index contributed by atoms with van der Waals surface area (Å²) in [6.45, 7) is 18.9. The zero-order chi connectivity index (χ0) is 33.5. The summed E-state index contributed by atoms with van der Waals surface area (Å²) >= 11 is 0. The summed E-state index contributed by atoms with van der Waals surface area (Å²) in [5, 5.41) is 31.7. The molecule has 2 saturated carbocycles. The summed E-state index contributed by atoms with van der Waals surface area (Å²) in [7, 11) is 0. The van der Waals surface area contributed by atoms with Gasteiger partial charge in [0.1, 0.15) is 12.2 Å². The molecule has 0 aromatic heterocycles. The number of carboxylic acid groups (broad SMARTS) is 1. The highest BCUT2D eigenvalue weighted by atomic mass is 16.6. The van der Waals surface area contributed by atoms with E-state index in [4.69, 9.17) is 14.6 Å². The van der Waals surface area contributed by atoms with Gasteiger partial charge in [-0.05, 0) is 106 Å². The molecule has 10 atom stereocenters. The molecule has 1 aliphatic heterocycles. The molecule has 0 saturated heterocycles. The number of aliphatic hydroxyl groups is 2. The Hall–Kier alpha value is -2.19. The van der Waals surface area contributed by atoms with E-state index in [2.05, 4.69) is 41.5 Å². The molecule has 5 aliphatic rings. The maximum Gasteiger partial charge on any atom is 0.334 e. The molecule has 8 heteroatoms. The van der Waals surface area contributed by atoms with Crippen LogP contribution in [0.4, 0.5) is 0 Å². The van der Waals surface area contributed by atoms with Crippen LogP contribution in [0.3, 0.4) is 0 Å². The maximum atomic E-state index is 12.9. The topological polar surface area (TPSA) is 130 Å². The van der Waals surface area contributed by atoms with Crippen molar-refractivity contribution in [2.24, 2.45) is 39.4 Å². The summed E-state index contributed by atoms with van der Waals surface area (Å²) in [5.41, 5.74) is 2.20. The lowest BCUT2D eigenvalue weighted by Crippen LogP contribution is -2.58. The van der Waals surface area contributed by atoms with Crippen molar-refractivity contribution < 1.29 is 39.2 Å². The fourth-order valence-corrected chi connectivity index (χ4v) is 11.2. The smallest absolute Gasteiger partial charge is 0.334 e. The first-order valence-corrected chi connectivity index (χ1v) is 17.1. The van der Waals surface area contributed by atoms with Crippen LogP contribution >= 0.6 is 0 Å². The number of carbonyl (C=O) groups excluding carboxylic acids is 2. The molecular formula is C37H56O8. The van der Waals surface area contributed by atoms with Gasteiger partial charge in [-0.3, -0.25) is 9.59 Å². The molecule has 4 aliphatic carbocycles. The molecular weight excluding hydrogens is 572 g/mol. The van der Waals surface area contributed by atoms with E-state index in [0.717, 1.165) is 49.7 Å². The van der Waals surface area contributed by atoms with Gasteiger partial charge in [-0.2, -0.15) is 0 Å². The molecule has 3 N–H and O–H groups in total. The number of ether oxygens (including phenoxy) is 2. The summed E-state index contributed by atoms with van der Waals surface area (Å²) < 4.78 is 11.7. The number of rotatable bonds is 8. The van der Waals surface area contributed by atoms with Gasteiger partial charge in [0.05, 0.1) is 24.5 Å². The van der Waals surface area contributed by atoms with Crippen LogP contribution in [0, 0.1) is 39.4 Å². The van der Waals surface area contributed by atoms with Crippen LogP contribution < -0.4 is 0 Å². The summed E-state index contributed by atoms with van der Waals surface area (Å²) in [6.07, 6.45) is 5.13. The van der Waals surface area contributed by atoms with Crippen LogP contribution in [0.1, 0.15) is 127 Å². The fraction of sp³-hybridized carbons (Fsp3) is 0.811. The zero-order valence-corrected chi connectivity index (χ0v) is 28.9. The normalized spacial score (nSPS) is 41.0. The fourth-order valence-electron chi connectivity index (χ4n) is 11.2. The molecule has 0 unspecified atom stereocenters. The standard InChI is InChI=1S/C37H56O8/c1-20(16-26-21(2)22(3)32(42)44-26)23-12-15-36(8)24-10-11-27-33(4,5)29(45-31(41)19-34(6,43)18-30(39)40)13-14-35(27,7)25(24)17-28(38)37(23,36)9/h20,23,26-29,38,43H,10-19H2,1-9H3,(H,39,40)/t20-,23-,26+,27+,28+,29+,34+,35-,36+,37+/m1/s1. The van der Waals surface area contributed by atoms with E-state index in [1.807, 2.05) is 13.8 Å². The predicted octanol–water partition coefficient (Wildman–Crippen LogP) is 6.52. The third-order valence-electron chi connectivity index (χ3n) is 14.1. The highest BCUT2D eigenvalue weighted by Gasteiger charge is 2.66. The molecule has 0 aromatic carbocycles. The molecule has 252 valence electrons. The van der Waals surface area contributed by atoms with E-state index in [9.17, 15) is 24.6 Å². The summed E-state index contributed by atoms with van der Waals surface area (Å²) in [4.78, 5) is 36.3. The predicted molar refractivity (Wildman–Crippen MR) is 170 cm³/mol. The molecule has 5 rings (SSSR count). The Labute approximate surface area is 269 Å². The zero-order valence-electron chi connectivity index (χ0n) is 28.9. The number of aliphatic hydroxyl groups excluding tert-OH is 1. The molecule has 0 radical (unpaired) electrons. The van der Waals surface area contributed by atoms with E-state index in [0.29, 0.717) is 24.7 Å². The second kappa shape index (κ2) is 11.2. The Kier molecular flexibility index (Phi) is 8.51. The number of cyclic esters (lactones) is 1. The molecule has 45 heavy (non-hydrogen) atoms. The lowest BCUT2D eigenvalue weighted by atomic mass is 9.42. The molecule has 8 nitrogen and oxygen atoms in total. The lowest BCUT2D eigenvalue weighted by molar-refractivity contribution is -0.175. The van der Waals surface area contributed by atoms with Crippen molar-refractivity contribution >= 4 is 17.9 Å². The monoisotopic (exact) mass is 628 g/mol. The number of hydrogen-bond acceptors (Lipinski definition) is 7. The molecule has 1 heterocycles. The van der Waals surface area contributed by atoms with Gasteiger partial charge in [0.25, 0.3) is 0 Å². The van der Waals surface area contributed by atoms with Crippen LogP contribution in [-0.4, -0.2) is 57.1 Å². The average Bonchev–Trinajstić information content (AvgIpc) is 3.33. The van der Waals surface area contributed by atoms with E-state index < -0.39 is 30.1 Å². The van der Waals surface area contributed by atoms with Crippen LogP contribution in [0.2, 0.25) is 0 Å². The SMILES string of the molecule is CC1=C(C)[C@H](C[C@@H](C)[C@H]2CC[C@@]3(C)C4=C(C[C@H](O)[C@]23C)[C@@]2(C)CC[C@H](OC(=O)C[C@@](C)(O)CC(=O)O)C(C)(C)[C@@H]2CC4)OC1=O. The molecule has 0 amide bonds. The van der Waals surface area contributed by atoms with Gasteiger partial charge in [-0.1, -0.05) is 52.7 Å². The van der Waals surface area contributed by atoms with Crippen molar-refractivity contribution in [3.63, 3.8) is 0 Å². The molecule has 0 spiro atoms. The van der Waals surface area contributed by atoms with Crippen molar-refractivity contribution in [3.8, 4) is 0 Å². The first-order valence-electron chi connectivity index (χ1n) is 17.1. The number of carbonyl (C=O) groups is 3. The maximum absolute atomic E-state index is 12.9. The quantitative estimate of drug-likeness (QED) is 0.205. The van der Waals surface area contributed by atoms with E-state index in [-0.39, 0.29) is 52.2 Å². The number of aliphatic carboxylic acids is 1. The largest absolute Gasteiger partial charge is 0.481 e. The second-order valence-corrected chi connectivity index (χ2v) is 16.9. The second-order valence-electron chi connectivity index (χ2n) is 16.9. The van der Waals surface area contributed by atoms with Gasteiger partial charge in [-0.15, -0.1) is 0 Å². The van der Waals surface area contributed by atoms with Crippen molar-refractivity contribution in [3.05, 3.63) is 22.3 Å². The Morgan fingerprint density at radius 3 is 2.31 bits per heavy atom. The highest BCUT2D eigenvalue weighted by molar-refractivity contribution is 5.91. The van der Waals surface area contributed by atoms with Gasteiger partial charge in [0.15, 0.2) is 0 Å². The van der Waals surface area contributed by atoms with Crippen LogP contribution in [0.15, 0.2) is 22.3 Å². The minimum Gasteiger partial charge on any atom is -0.481 e.